The summed E-state index contributed by atoms with van der Waals surface area (Å²) < 4.78 is 0. The van der Waals surface area contributed by atoms with Gasteiger partial charge < -0.3 is 10.2 Å². The first-order chi connectivity index (χ1) is 16.5. The summed E-state index contributed by atoms with van der Waals surface area (Å²) in [5, 5.41) is 29.2. The fourth-order valence-electron chi connectivity index (χ4n) is 4.69. The Hall–Kier alpha value is -2.90. The second kappa shape index (κ2) is 11.5. The highest BCUT2D eigenvalue weighted by Gasteiger charge is 2.24. The fourth-order valence-corrected chi connectivity index (χ4v) is 5.55. The van der Waals surface area contributed by atoms with Crippen LogP contribution in [0.2, 0.25) is 0 Å². The smallest absolute Gasteiger partial charge is 0.303 e. The molecule has 2 aromatic carbocycles. The van der Waals surface area contributed by atoms with Crippen molar-refractivity contribution >= 4 is 23.1 Å². The van der Waals surface area contributed by atoms with Gasteiger partial charge in [-0.15, -0.1) is 21.5 Å². The summed E-state index contributed by atoms with van der Waals surface area (Å²) in [6.45, 7) is 0. The molecule has 178 valence electrons. The van der Waals surface area contributed by atoms with Crippen molar-refractivity contribution in [2.45, 2.75) is 63.4 Å². The number of carbonyl (C=O) groups is 2. The van der Waals surface area contributed by atoms with Crippen molar-refractivity contribution in [3.8, 4) is 0 Å². The number of aryl methyl sites for hydroxylation is 1. The van der Waals surface area contributed by atoms with Gasteiger partial charge in [-0.1, -0.05) is 54.6 Å². The summed E-state index contributed by atoms with van der Waals surface area (Å²) in [4.78, 5) is 23.7. The average molecular weight is 479 g/mol. The Labute approximate surface area is 203 Å². The summed E-state index contributed by atoms with van der Waals surface area (Å²) in [5.74, 6) is 0.0292. The van der Waals surface area contributed by atoms with Gasteiger partial charge in [0.2, 0.25) is 0 Å². The third-order valence-electron chi connectivity index (χ3n) is 6.65. The van der Waals surface area contributed by atoms with Crippen molar-refractivity contribution in [2.24, 2.45) is 5.92 Å². The van der Waals surface area contributed by atoms with Crippen molar-refractivity contribution in [1.29, 1.82) is 0 Å². The normalized spacial score (nSPS) is 19.0. The Balaban J connectivity index is 1.26. The quantitative estimate of drug-likeness (QED) is 0.380. The predicted octanol–water partition coefficient (Wildman–Crippen LogP) is 5.38. The topological polar surface area (TPSA) is 100 Å². The minimum Gasteiger partial charge on any atom is -0.481 e. The van der Waals surface area contributed by atoms with Gasteiger partial charge in [0.25, 0.3) is 0 Å². The lowest BCUT2D eigenvalue weighted by Gasteiger charge is -2.28. The third kappa shape index (κ3) is 6.58. The van der Waals surface area contributed by atoms with Crippen molar-refractivity contribution < 1.29 is 19.8 Å². The number of carbonyl (C=O) groups excluding carboxylic acids is 1. The molecule has 2 N–H and O–H groups in total. The van der Waals surface area contributed by atoms with Gasteiger partial charge >= 0.3 is 5.97 Å². The largest absolute Gasteiger partial charge is 0.481 e. The van der Waals surface area contributed by atoms with Crippen molar-refractivity contribution in [3.63, 3.8) is 0 Å². The van der Waals surface area contributed by atoms with Gasteiger partial charge in [-0.3, -0.25) is 9.59 Å². The number of ketones is 1. The van der Waals surface area contributed by atoms with E-state index in [-0.39, 0.29) is 24.5 Å². The predicted molar refractivity (Wildman–Crippen MR) is 131 cm³/mol. The number of Topliss-reactive ketones (excluding diaryl/α,β-unsaturated/α-hetero) is 1. The van der Waals surface area contributed by atoms with Gasteiger partial charge in [-0.25, -0.2) is 0 Å². The zero-order valence-electron chi connectivity index (χ0n) is 19.1. The lowest BCUT2D eigenvalue weighted by Crippen LogP contribution is -2.16. The molecule has 34 heavy (non-hydrogen) atoms. The van der Waals surface area contributed by atoms with Crippen molar-refractivity contribution in [3.05, 3.63) is 81.3 Å². The summed E-state index contributed by atoms with van der Waals surface area (Å²) >= 11 is 1.43. The van der Waals surface area contributed by atoms with Gasteiger partial charge in [-0.2, -0.15) is 0 Å². The Kier molecular flexibility index (Phi) is 8.19. The van der Waals surface area contributed by atoms with Crippen LogP contribution in [-0.4, -0.2) is 32.2 Å². The molecule has 0 bridgehead atoms. The van der Waals surface area contributed by atoms with E-state index < -0.39 is 12.1 Å². The van der Waals surface area contributed by atoms with Gasteiger partial charge in [-0.05, 0) is 55.1 Å². The first kappa shape index (κ1) is 24.2. The molecule has 1 aliphatic rings. The van der Waals surface area contributed by atoms with E-state index in [1.807, 2.05) is 54.6 Å². The maximum absolute atomic E-state index is 12.8. The summed E-state index contributed by atoms with van der Waals surface area (Å²) in [7, 11) is 0. The minimum absolute atomic E-state index is 0.0173. The molecule has 3 aromatic rings. The Bertz CT molecular complexity index is 1090. The minimum atomic E-state index is -0.710. The summed E-state index contributed by atoms with van der Waals surface area (Å²) in [6, 6.07) is 17.4. The van der Waals surface area contributed by atoms with E-state index in [1.54, 1.807) is 0 Å². The number of rotatable bonds is 10. The number of hydrogen-bond donors (Lipinski definition) is 2. The number of hydrogen-bond acceptors (Lipinski definition) is 6. The summed E-state index contributed by atoms with van der Waals surface area (Å²) in [6.07, 6.45) is 5.01. The van der Waals surface area contributed by atoms with Crippen LogP contribution in [0.5, 0.6) is 0 Å². The van der Waals surface area contributed by atoms with E-state index in [0.717, 1.165) is 36.3 Å². The second-order valence-corrected chi connectivity index (χ2v) is 10.2. The molecule has 1 aromatic heterocycles. The van der Waals surface area contributed by atoms with E-state index in [9.17, 15) is 14.7 Å². The Morgan fingerprint density at radius 2 is 1.62 bits per heavy atom. The van der Waals surface area contributed by atoms with Crippen LogP contribution in [0, 0.1) is 5.92 Å². The monoisotopic (exact) mass is 478 g/mol. The lowest BCUT2D eigenvalue weighted by molar-refractivity contribution is -0.138. The fraction of sp³-hybridized carbons (Fsp3) is 0.407. The molecular weight excluding hydrogens is 448 g/mol. The van der Waals surface area contributed by atoms with Crippen LogP contribution in [0.1, 0.15) is 82.0 Å². The second-order valence-electron chi connectivity index (χ2n) is 9.09. The highest BCUT2D eigenvalue weighted by Crippen LogP contribution is 2.37. The molecule has 1 heterocycles. The van der Waals surface area contributed by atoms with Gasteiger partial charge in [0.1, 0.15) is 10.0 Å². The molecule has 1 aliphatic carbocycles. The molecule has 0 amide bonds. The van der Waals surface area contributed by atoms with Crippen LogP contribution in [0.25, 0.3) is 0 Å². The number of carboxylic acids is 1. The van der Waals surface area contributed by atoms with Crippen LogP contribution in [0.15, 0.2) is 54.6 Å². The summed E-state index contributed by atoms with van der Waals surface area (Å²) in [5.41, 5.74) is 2.78. The molecule has 0 saturated heterocycles. The van der Waals surface area contributed by atoms with Crippen LogP contribution >= 0.6 is 11.3 Å². The molecule has 4 rings (SSSR count). The number of aliphatic carboxylic acids is 1. The van der Waals surface area contributed by atoms with Gasteiger partial charge in [0, 0.05) is 18.4 Å². The number of nitrogens with zero attached hydrogens (tertiary/aromatic N) is 2. The highest BCUT2D eigenvalue weighted by atomic mass is 32.1. The van der Waals surface area contributed by atoms with E-state index in [2.05, 4.69) is 10.2 Å². The molecular formula is C27H30N2O4S. The van der Waals surface area contributed by atoms with E-state index >= 15 is 0 Å². The Morgan fingerprint density at radius 3 is 2.29 bits per heavy atom. The van der Waals surface area contributed by atoms with Crippen LogP contribution in [0.3, 0.4) is 0 Å². The Morgan fingerprint density at radius 1 is 0.941 bits per heavy atom. The van der Waals surface area contributed by atoms with Gasteiger partial charge in [0.15, 0.2) is 5.78 Å². The molecule has 1 atom stereocenters. The maximum Gasteiger partial charge on any atom is 0.303 e. The lowest BCUT2D eigenvalue weighted by atomic mass is 9.77. The molecule has 1 unspecified atom stereocenters. The van der Waals surface area contributed by atoms with Gasteiger partial charge in [0.05, 0.1) is 12.5 Å². The number of carboxylic acid groups (broad SMARTS) is 1. The van der Waals surface area contributed by atoms with Crippen molar-refractivity contribution in [2.75, 3.05) is 0 Å². The average Bonchev–Trinajstić information content (AvgIpc) is 3.30. The third-order valence-corrected chi connectivity index (χ3v) is 7.63. The van der Waals surface area contributed by atoms with Crippen LogP contribution in [0.4, 0.5) is 0 Å². The number of aliphatic hydroxyl groups is 1. The zero-order valence-corrected chi connectivity index (χ0v) is 19.9. The first-order valence-electron chi connectivity index (χ1n) is 11.9. The number of benzene rings is 2. The zero-order chi connectivity index (χ0) is 23.9. The van der Waals surface area contributed by atoms with E-state index in [4.69, 9.17) is 5.11 Å². The van der Waals surface area contributed by atoms with Crippen LogP contribution in [-0.2, 0) is 17.6 Å². The molecule has 6 nitrogen and oxygen atoms in total. The SMILES string of the molecule is O=C(O)CC1CCC(c2ccc(C(=O)Cc3nnc(CCC(O)c4ccccc4)s3)cc2)CC1. The molecule has 0 aliphatic heterocycles. The van der Waals surface area contributed by atoms with E-state index in [0.29, 0.717) is 29.3 Å². The maximum atomic E-state index is 12.8. The molecule has 1 saturated carbocycles. The molecule has 0 spiro atoms. The van der Waals surface area contributed by atoms with E-state index in [1.165, 1.54) is 16.9 Å². The molecule has 1 fully saturated rings. The van der Waals surface area contributed by atoms with Crippen LogP contribution < -0.4 is 0 Å². The standard InChI is InChI=1S/C27H30N2O4S/c30-23(21-4-2-1-3-5-21)14-15-25-28-29-26(34-25)17-24(31)22-12-10-20(11-13-22)19-8-6-18(7-9-19)16-27(32)33/h1-5,10-13,18-19,23,30H,6-9,14-17H2,(H,32,33). The number of aliphatic hydroxyl groups excluding tert-OH is 1. The molecule has 7 heteroatoms. The highest BCUT2D eigenvalue weighted by molar-refractivity contribution is 7.11. The number of aromatic nitrogens is 2. The molecule has 0 radical (unpaired) electrons. The first-order valence-corrected chi connectivity index (χ1v) is 12.7. The van der Waals surface area contributed by atoms with Crippen molar-refractivity contribution in [1.82, 2.24) is 10.2 Å².